The number of para-hydroxylation sites is 2. The number of ether oxygens (including phenoxy) is 1. The first-order valence-corrected chi connectivity index (χ1v) is 10.9. The molecule has 0 saturated heterocycles. The third kappa shape index (κ3) is 4.13. The standard InChI is InChI=1S/C26H25N5O2/c1-16(2)33-20-12-10-19(11-13-20)31-17(3)8-9-18-14-23(30-25(18)31)26(32)27-15-24-28-21-6-4-5-7-22(21)29-24/h4-14,16,30H,3,15H2,1-2H3,(H,27,32)(H,28,29). The van der Waals surface area contributed by atoms with E-state index in [1.165, 1.54) is 0 Å². The number of benzene rings is 2. The SMILES string of the molecule is C=C1C=Cc2cc(C(=O)NCc3nc4ccccc4[nH]3)[nH]c2N1c1ccc(OC(C)C)cc1. The van der Waals surface area contributed by atoms with Crippen molar-refractivity contribution >= 4 is 34.5 Å². The zero-order valence-electron chi connectivity index (χ0n) is 18.6. The molecule has 1 amide bonds. The molecule has 0 radical (unpaired) electrons. The average molecular weight is 440 g/mol. The number of hydrogen-bond acceptors (Lipinski definition) is 4. The van der Waals surface area contributed by atoms with Crippen molar-refractivity contribution in [3.8, 4) is 5.75 Å². The number of nitrogens with one attached hydrogen (secondary N) is 3. The predicted molar refractivity (Wildman–Crippen MR) is 131 cm³/mol. The van der Waals surface area contributed by atoms with E-state index in [9.17, 15) is 4.79 Å². The normalized spacial score (nSPS) is 12.9. The fourth-order valence-electron chi connectivity index (χ4n) is 3.89. The van der Waals surface area contributed by atoms with Crippen LogP contribution in [0.5, 0.6) is 5.75 Å². The summed E-state index contributed by atoms with van der Waals surface area (Å²) in [7, 11) is 0. The lowest BCUT2D eigenvalue weighted by atomic mass is 10.1. The second-order valence-electron chi connectivity index (χ2n) is 8.19. The number of aromatic amines is 2. The molecule has 7 nitrogen and oxygen atoms in total. The van der Waals surface area contributed by atoms with Gasteiger partial charge in [-0.05, 0) is 68.5 Å². The molecule has 0 unspecified atom stereocenters. The first-order chi connectivity index (χ1) is 16.0. The van der Waals surface area contributed by atoms with Crippen molar-refractivity contribution < 1.29 is 9.53 Å². The lowest BCUT2D eigenvalue weighted by molar-refractivity contribution is 0.0945. The molecular formula is C26H25N5O2. The summed E-state index contributed by atoms with van der Waals surface area (Å²) in [6.45, 7) is 8.47. The summed E-state index contributed by atoms with van der Waals surface area (Å²) in [6, 6.07) is 17.5. The highest BCUT2D eigenvalue weighted by Crippen LogP contribution is 2.37. The van der Waals surface area contributed by atoms with Crippen molar-refractivity contribution in [3.63, 3.8) is 0 Å². The molecule has 2 aromatic carbocycles. The van der Waals surface area contributed by atoms with E-state index in [1.54, 1.807) is 0 Å². The minimum absolute atomic E-state index is 0.111. The van der Waals surface area contributed by atoms with Crippen LogP contribution in [0.1, 0.15) is 35.7 Å². The Labute approximate surface area is 191 Å². The van der Waals surface area contributed by atoms with E-state index in [2.05, 4.69) is 26.8 Å². The van der Waals surface area contributed by atoms with Crippen LogP contribution in [-0.4, -0.2) is 27.0 Å². The molecule has 0 aliphatic carbocycles. The number of amides is 1. The molecule has 5 rings (SSSR count). The number of allylic oxidation sites excluding steroid dienone is 1. The van der Waals surface area contributed by atoms with Crippen molar-refractivity contribution in [1.82, 2.24) is 20.3 Å². The summed E-state index contributed by atoms with van der Waals surface area (Å²) in [5.41, 5.74) is 4.94. The number of hydrogen-bond donors (Lipinski definition) is 3. The average Bonchev–Trinajstić information content (AvgIpc) is 3.42. The fourth-order valence-corrected chi connectivity index (χ4v) is 3.89. The van der Waals surface area contributed by atoms with Gasteiger partial charge >= 0.3 is 0 Å². The Kier molecular flexibility index (Phi) is 5.22. The molecule has 0 spiro atoms. The van der Waals surface area contributed by atoms with Gasteiger partial charge in [-0.25, -0.2) is 4.98 Å². The topological polar surface area (TPSA) is 86.0 Å². The first kappa shape index (κ1) is 20.6. The number of carbonyl (C=O) groups is 1. The van der Waals surface area contributed by atoms with Crippen molar-refractivity contribution in [2.24, 2.45) is 0 Å². The van der Waals surface area contributed by atoms with E-state index in [-0.39, 0.29) is 12.0 Å². The molecule has 33 heavy (non-hydrogen) atoms. The van der Waals surface area contributed by atoms with Gasteiger partial charge in [0.05, 0.1) is 23.7 Å². The van der Waals surface area contributed by atoms with E-state index < -0.39 is 0 Å². The van der Waals surface area contributed by atoms with E-state index in [1.807, 2.05) is 85.5 Å². The van der Waals surface area contributed by atoms with Crippen molar-refractivity contribution in [3.05, 3.63) is 90.0 Å². The minimum Gasteiger partial charge on any atom is -0.491 e. The Morgan fingerprint density at radius 3 is 2.67 bits per heavy atom. The number of imidazole rings is 1. The quantitative estimate of drug-likeness (QED) is 0.381. The van der Waals surface area contributed by atoms with Gasteiger partial charge < -0.3 is 20.0 Å². The van der Waals surface area contributed by atoms with Crippen LogP contribution in [0.3, 0.4) is 0 Å². The number of rotatable bonds is 6. The van der Waals surface area contributed by atoms with Gasteiger partial charge in [-0.3, -0.25) is 9.69 Å². The summed E-state index contributed by atoms with van der Waals surface area (Å²) >= 11 is 0. The molecule has 7 heteroatoms. The highest BCUT2D eigenvalue weighted by atomic mass is 16.5. The van der Waals surface area contributed by atoms with Crippen LogP contribution >= 0.6 is 0 Å². The highest BCUT2D eigenvalue weighted by Gasteiger charge is 2.23. The predicted octanol–water partition coefficient (Wildman–Crippen LogP) is 5.29. The minimum atomic E-state index is -0.204. The van der Waals surface area contributed by atoms with E-state index in [0.29, 0.717) is 18.1 Å². The third-order valence-corrected chi connectivity index (χ3v) is 5.36. The molecule has 3 N–H and O–H groups in total. The number of H-pyrrole nitrogens is 2. The Morgan fingerprint density at radius 2 is 1.91 bits per heavy atom. The van der Waals surface area contributed by atoms with Gasteiger partial charge in [0.1, 0.15) is 23.1 Å². The van der Waals surface area contributed by atoms with Gasteiger partial charge in [0.15, 0.2) is 0 Å². The van der Waals surface area contributed by atoms with Crippen LogP contribution in [-0.2, 0) is 6.54 Å². The number of carbonyl (C=O) groups excluding carboxylic acids is 1. The summed E-state index contributed by atoms with van der Waals surface area (Å²) in [5, 5.41) is 2.93. The summed E-state index contributed by atoms with van der Waals surface area (Å²) < 4.78 is 5.75. The molecule has 1 aliphatic heterocycles. The van der Waals surface area contributed by atoms with Crippen molar-refractivity contribution in [1.29, 1.82) is 0 Å². The number of anilines is 2. The molecule has 166 valence electrons. The molecule has 2 aromatic heterocycles. The van der Waals surface area contributed by atoms with Crippen LogP contribution in [0.15, 0.2) is 72.9 Å². The Morgan fingerprint density at radius 1 is 1.12 bits per heavy atom. The summed E-state index contributed by atoms with van der Waals surface area (Å²) in [4.78, 5) is 25.8. The highest BCUT2D eigenvalue weighted by molar-refractivity contribution is 5.96. The number of nitrogens with zero attached hydrogens (tertiary/aromatic N) is 2. The second-order valence-corrected chi connectivity index (χ2v) is 8.19. The monoisotopic (exact) mass is 439 g/mol. The van der Waals surface area contributed by atoms with Crippen LogP contribution in [0.2, 0.25) is 0 Å². The molecule has 3 heterocycles. The Balaban J connectivity index is 1.34. The van der Waals surface area contributed by atoms with Gasteiger partial charge in [-0.2, -0.15) is 0 Å². The van der Waals surface area contributed by atoms with Crippen LogP contribution in [0, 0.1) is 0 Å². The van der Waals surface area contributed by atoms with Crippen LogP contribution in [0.4, 0.5) is 11.5 Å². The van der Waals surface area contributed by atoms with Crippen molar-refractivity contribution in [2.45, 2.75) is 26.5 Å². The van der Waals surface area contributed by atoms with E-state index in [4.69, 9.17) is 4.74 Å². The summed E-state index contributed by atoms with van der Waals surface area (Å²) in [5.74, 6) is 2.11. The second kappa shape index (κ2) is 8.35. The zero-order valence-corrected chi connectivity index (χ0v) is 18.6. The number of fused-ring (bicyclic) bond motifs is 2. The molecular weight excluding hydrogens is 414 g/mol. The van der Waals surface area contributed by atoms with Crippen LogP contribution in [0.25, 0.3) is 17.1 Å². The summed E-state index contributed by atoms with van der Waals surface area (Å²) in [6.07, 6.45) is 4.00. The van der Waals surface area contributed by atoms with Gasteiger partial charge in [0.25, 0.3) is 5.91 Å². The lowest BCUT2D eigenvalue weighted by Crippen LogP contribution is -2.24. The fraction of sp³-hybridized carbons (Fsp3) is 0.154. The number of aromatic nitrogens is 3. The zero-order chi connectivity index (χ0) is 22.9. The molecule has 4 aromatic rings. The molecule has 1 aliphatic rings. The third-order valence-electron chi connectivity index (χ3n) is 5.36. The Hall–Kier alpha value is -4.26. The maximum atomic E-state index is 12.9. The van der Waals surface area contributed by atoms with Gasteiger partial charge in [-0.1, -0.05) is 18.7 Å². The van der Waals surface area contributed by atoms with Crippen molar-refractivity contribution in [2.75, 3.05) is 4.90 Å². The molecule has 0 bridgehead atoms. The van der Waals surface area contributed by atoms with E-state index in [0.717, 1.165) is 39.5 Å². The maximum absolute atomic E-state index is 12.9. The first-order valence-electron chi connectivity index (χ1n) is 10.9. The molecule has 0 fully saturated rings. The molecule has 0 saturated carbocycles. The smallest absolute Gasteiger partial charge is 0.268 e. The maximum Gasteiger partial charge on any atom is 0.268 e. The van der Waals surface area contributed by atoms with Gasteiger partial charge in [0, 0.05) is 16.9 Å². The van der Waals surface area contributed by atoms with Gasteiger partial charge in [-0.15, -0.1) is 0 Å². The Bertz CT molecular complexity index is 1330. The van der Waals surface area contributed by atoms with Crippen LogP contribution < -0.4 is 15.0 Å². The van der Waals surface area contributed by atoms with Gasteiger partial charge in [0.2, 0.25) is 0 Å². The largest absolute Gasteiger partial charge is 0.491 e. The van der Waals surface area contributed by atoms with E-state index >= 15 is 0 Å². The lowest BCUT2D eigenvalue weighted by Gasteiger charge is -2.27. The molecule has 0 atom stereocenters.